The molecule has 0 saturated heterocycles. The Morgan fingerprint density at radius 1 is 1.60 bits per heavy atom. The zero-order chi connectivity index (χ0) is 7.14. The molecule has 0 amide bonds. The van der Waals surface area contributed by atoms with Crippen LogP contribution in [0.2, 0.25) is 0 Å². The van der Waals surface area contributed by atoms with Crippen LogP contribution in [0, 0.1) is 11.8 Å². The predicted molar refractivity (Wildman–Crippen MR) is 39.6 cm³/mol. The van der Waals surface area contributed by atoms with Gasteiger partial charge in [0.25, 0.3) is 0 Å². The van der Waals surface area contributed by atoms with Gasteiger partial charge < -0.3 is 0 Å². The van der Waals surface area contributed by atoms with Crippen LogP contribution in [0.4, 0.5) is 0 Å². The number of Topliss-reactive ketones (excluding diaryl/α,β-unsaturated/α-hetero) is 1. The second kappa shape index (κ2) is 1.94. The molecule has 54 valence electrons. The number of allylic oxidation sites excluding steroid dienone is 2. The van der Waals surface area contributed by atoms with Crippen molar-refractivity contribution in [3.8, 4) is 0 Å². The molecule has 0 aromatic rings. The van der Waals surface area contributed by atoms with Gasteiger partial charge in [0, 0.05) is 12.3 Å². The van der Waals surface area contributed by atoms with Gasteiger partial charge in [0.05, 0.1) is 0 Å². The first kappa shape index (κ1) is 6.14. The van der Waals surface area contributed by atoms with Crippen LogP contribution in [0.5, 0.6) is 0 Å². The van der Waals surface area contributed by atoms with Crippen LogP contribution in [-0.4, -0.2) is 5.78 Å². The Labute approximate surface area is 61.1 Å². The van der Waals surface area contributed by atoms with Crippen LogP contribution in [0.25, 0.3) is 0 Å². The zero-order valence-electron chi connectivity index (χ0n) is 6.26. The van der Waals surface area contributed by atoms with Crippen molar-refractivity contribution in [2.75, 3.05) is 0 Å². The first-order valence-electron chi connectivity index (χ1n) is 4.03. The van der Waals surface area contributed by atoms with Crippen molar-refractivity contribution in [1.29, 1.82) is 0 Å². The third kappa shape index (κ3) is 0.664. The molecule has 0 aromatic heterocycles. The SMILES string of the molecule is CCC1=C[C@@H]2C(=O)C[C@@H]2C1. The standard InChI is InChI=1S/C9H12O/c1-2-6-3-7-5-9(10)8(7)4-6/h4,7-8H,2-3,5H2,1H3/t7-,8-/m0/s1. The predicted octanol–water partition coefficient (Wildman–Crippen LogP) is 1.93. The van der Waals surface area contributed by atoms with Gasteiger partial charge in [-0.2, -0.15) is 0 Å². The molecule has 2 aliphatic carbocycles. The smallest absolute Gasteiger partial charge is 0.140 e. The lowest BCUT2D eigenvalue weighted by molar-refractivity contribution is -0.130. The highest BCUT2D eigenvalue weighted by Gasteiger charge is 2.41. The molecule has 1 heteroatoms. The van der Waals surface area contributed by atoms with Gasteiger partial charge >= 0.3 is 0 Å². The van der Waals surface area contributed by atoms with Crippen LogP contribution < -0.4 is 0 Å². The number of ketones is 1. The molecular formula is C9H12O. The topological polar surface area (TPSA) is 17.1 Å². The molecule has 0 radical (unpaired) electrons. The molecule has 0 unspecified atom stereocenters. The fraction of sp³-hybridized carbons (Fsp3) is 0.667. The van der Waals surface area contributed by atoms with E-state index >= 15 is 0 Å². The molecule has 0 N–H and O–H groups in total. The molecule has 0 heterocycles. The van der Waals surface area contributed by atoms with E-state index in [0.29, 0.717) is 17.6 Å². The van der Waals surface area contributed by atoms with Crippen molar-refractivity contribution in [2.24, 2.45) is 11.8 Å². The third-order valence-corrected chi connectivity index (χ3v) is 2.74. The van der Waals surface area contributed by atoms with Gasteiger partial charge in [0.15, 0.2) is 0 Å². The molecule has 2 atom stereocenters. The lowest BCUT2D eigenvalue weighted by Gasteiger charge is -2.27. The van der Waals surface area contributed by atoms with Gasteiger partial charge in [-0.25, -0.2) is 0 Å². The van der Waals surface area contributed by atoms with Gasteiger partial charge in [0.2, 0.25) is 0 Å². The van der Waals surface area contributed by atoms with Crippen molar-refractivity contribution in [2.45, 2.75) is 26.2 Å². The number of hydrogen-bond donors (Lipinski definition) is 0. The molecule has 1 saturated carbocycles. The van der Waals surface area contributed by atoms with E-state index in [1.807, 2.05) is 0 Å². The summed E-state index contributed by atoms with van der Waals surface area (Å²) in [6, 6.07) is 0. The van der Waals surface area contributed by atoms with E-state index in [0.717, 1.165) is 12.8 Å². The number of rotatable bonds is 1. The Morgan fingerprint density at radius 3 is 2.90 bits per heavy atom. The van der Waals surface area contributed by atoms with Gasteiger partial charge in [-0.3, -0.25) is 4.79 Å². The van der Waals surface area contributed by atoms with Gasteiger partial charge in [-0.15, -0.1) is 0 Å². The average molecular weight is 136 g/mol. The van der Waals surface area contributed by atoms with Crippen LogP contribution in [0.1, 0.15) is 26.2 Å². The van der Waals surface area contributed by atoms with Crippen LogP contribution >= 0.6 is 0 Å². The maximum atomic E-state index is 10.9. The van der Waals surface area contributed by atoms with Crippen molar-refractivity contribution in [3.05, 3.63) is 11.6 Å². The van der Waals surface area contributed by atoms with Crippen LogP contribution in [0.3, 0.4) is 0 Å². The van der Waals surface area contributed by atoms with Gasteiger partial charge in [-0.1, -0.05) is 18.6 Å². The fourth-order valence-corrected chi connectivity index (χ4v) is 1.97. The van der Waals surface area contributed by atoms with E-state index in [1.54, 1.807) is 0 Å². The van der Waals surface area contributed by atoms with Crippen molar-refractivity contribution >= 4 is 5.78 Å². The summed E-state index contributed by atoms with van der Waals surface area (Å²) in [5.41, 5.74) is 1.50. The molecule has 10 heavy (non-hydrogen) atoms. The van der Waals surface area contributed by atoms with E-state index < -0.39 is 0 Å². The second-order valence-corrected chi connectivity index (χ2v) is 3.34. The minimum atomic E-state index is 0.343. The van der Waals surface area contributed by atoms with E-state index in [1.165, 1.54) is 12.0 Å². The molecule has 1 nitrogen and oxygen atoms in total. The maximum absolute atomic E-state index is 10.9. The minimum Gasteiger partial charge on any atom is -0.299 e. The largest absolute Gasteiger partial charge is 0.299 e. The summed E-state index contributed by atoms with van der Waals surface area (Å²) in [7, 11) is 0. The maximum Gasteiger partial charge on any atom is 0.140 e. The first-order chi connectivity index (χ1) is 4.81. The van der Waals surface area contributed by atoms with E-state index in [9.17, 15) is 4.79 Å². The quantitative estimate of drug-likeness (QED) is 0.503. The van der Waals surface area contributed by atoms with E-state index in [2.05, 4.69) is 13.0 Å². The summed E-state index contributed by atoms with van der Waals surface area (Å²) < 4.78 is 0. The van der Waals surface area contributed by atoms with Crippen molar-refractivity contribution in [1.82, 2.24) is 0 Å². The summed E-state index contributed by atoms with van der Waals surface area (Å²) in [6.45, 7) is 2.17. The van der Waals surface area contributed by atoms with Crippen LogP contribution in [0.15, 0.2) is 11.6 Å². The Bertz CT molecular complexity index is 203. The summed E-state index contributed by atoms with van der Waals surface area (Å²) in [6.07, 6.45) is 5.38. The average Bonchev–Trinajstić information content (AvgIpc) is 2.26. The molecular weight excluding hydrogens is 124 g/mol. The summed E-state index contributed by atoms with van der Waals surface area (Å²) >= 11 is 0. The first-order valence-corrected chi connectivity index (χ1v) is 4.03. The van der Waals surface area contributed by atoms with Crippen LogP contribution in [-0.2, 0) is 4.79 Å². The third-order valence-electron chi connectivity index (χ3n) is 2.74. The van der Waals surface area contributed by atoms with E-state index in [-0.39, 0.29) is 0 Å². The number of carbonyl (C=O) groups is 1. The highest BCUT2D eigenvalue weighted by molar-refractivity contribution is 5.90. The highest BCUT2D eigenvalue weighted by atomic mass is 16.1. The lowest BCUT2D eigenvalue weighted by atomic mass is 9.75. The van der Waals surface area contributed by atoms with Gasteiger partial charge in [0.1, 0.15) is 5.78 Å². The summed E-state index contributed by atoms with van der Waals surface area (Å²) in [4.78, 5) is 10.9. The molecule has 2 aliphatic rings. The van der Waals surface area contributed by atoms with Crippen molar-refractivity contribution in [3.63, 3.8) is 0 Å². The van der Waals surface area contributed by atoms with E-state index in [4.69, 9.17) is 0 Å². The minimum absolute atomic E-state index is 0.343. The lowest BCUT2D eigenvalue weighted by Crippen LogP contribution is -2.32. The number of fused-ring (bicyclic) bond motifs is 1. The molecule has 0 bridgehead atoms. The van der Waals surface area contributed by atoms with Gasteiger partial charge in [-0.05, 0) is 18.8 Å². The van der Waals surface area contributed by atoms with Crippen molar-refractivity contribution < 1.29 is 4.79 Å². The Balaban J connectivity index is 2.12. The Kier molecular flexibility index (Phi) is 1.19. The molecule has 0 aliphatic heterocycles. The summed E-state index contributed by atoms with van der Waals surface area (Å²) in [5.74, 6) is 1.52. The Morgan fingerprint density at radius 2 is 2.40 bits per heavy atom. The molecule has 0 spiro atoms. The fourth-order valence-electron chi connectivity index (χ4n) is 1.97. The molecule has 1 fully saturated rings. The molecule has 0 aromatic carbocycles. The zero-order valence-corrected chi connectivity index (χ0v) is 6.26. The number of carbonyl (C=O) groups excluding carboxylic acids is 1. The Hall–Kier alpha value is -0.590. The highest BCUT2D eigenvalue weighted by Crippen LogP contribution is 2.43. The summed E-state index contributed by atoms with van der Waals surface area (Å²) in [5, 5.41) is 0. The molecule has 2 rings (SSSR count). The second-order valence-electron chi connectivity index (χ2n) is 3.34. The monoisotopic (exact) mass is 136 g/mol. The number of hydrogen-bond acceptors (Lipinski definition) is 1. The normalized spacial score (nSPS) is 36.9.